The Kier molecular flexibility index (Phi) is 8.18. The molecule has 3 aromatic carbocycles. The number of rotatable bonds is 9. The zero-order valence-electron chi connectivity index (χ0n) is 22.1. The van der Waals surface area contributed by atoms with Crippen LogP contribution in [0, 0.1) is 11.3 Å². The summed E-state index contributed by atoms with van der Waals surface area (Å²) >= 11 is 0. The molecule has 3 atom stereocenters. The van der Waals surface area contributed by atoms with Crippen LogP contribution in [-0.4, -0.2) is 59.8 Å². The van der Waals surface area contributed by atoms with Crippen molar-refractivity contribution in [1.82, 2.24) is 9.80 Å². The number of nitrogens with one attached hydrogen (secondary N) is 1. The van der Waals surface area contributed by atoms with Gasteiger partial charge in [-0.1, -0.05) is 12.1 Å². The van der Waals surface area contributed by atoms with Crippen molar-refractivity contribution in [2.24, 2.45) is 0 Å². The first-order valence-corrected chi connectivity index (χ1v) is 13.4. The van der Waals surface area contributed by atoms with Crippen molar-refractivity contribution < 1.29 is 19.4 Å². The molecule has 2 bridgehead atoms. The molecule has 8 heteroatoms. The Hall–Kier alpha value is -4.22. The van der Waals surface area contributed by atoms with Crippen molar-refractivity contribution in [2.45, 2.75) is 43.9 Å². The number of aromatic hydroxyl groups is 1. The maximum Gasteiger partial charge on any atom is 0.321 e. The largest absolute Gasteiger partial charge is 0.508 e. The summed E-state index contributed by atoms with van der Waals surface area (Å²) in [6, 6.07) is 24.5. The number of hydrogen-bond acceptors (Lipinski definition) is 6. The Morgan fingerprint density at radius 2 is 1.64 bits per heavy atom. The maximum atomic E-state index is 13.0. The standard InChI is InChI=1S/C31H34N4O4/c1-38-28-14-8-24(9-15-28)33-31(37)34-20-25-10-11-26(21-34)35(25)18-2-3-30(23-6-4-22(19-32)5-7-23)39-29-16-12-27(36)13-17-29/h4-9,12-17,25-26,30,36H,2-3,10-11,18,20-21H2,1H3,(H,33,37). The van der Waals surface area contributed by atoms with Crippen LogP contribution < -0.4 is 14.8 Å². The number of phenolic OH excluding ortho intramolecular Hbond substituents is 1. The number of phenols is 1. The van der Waals surface area contributed by atoms with E-state index in [1.165, 1.54) is 0 Å². The summed E-state index contributed by atoms with van der Waals surface area (Å²) in [6.45, 7) is 2.39. The smallest absolute Gasteiger partial charge is 0.321 e. The van der Waals surface area contributed by atoms with Crippen LogP contribution in [-0.2, 0) is 0 Å². The van der Waals surface area contributed by atoms with Gasteiger partial charge in [-0.2, -0.15) is 5.26 Å². The lowest BCUT2D eigenvalue weighted by atomic mass is 10.0. The van der Waals surface area contributed by atoms with Crippen LogP contribution in [0.1, 0.15) is 42.9 Å². The molecule has 5 rings (SSSR count). The number of urea groups is 1. The molecule has 2 aliphatic rings. The van der Waals surface area contributed by atoms with Crippen molar-refractivity contribution >= 4 is 11.7 Å². The number of fused-ring (bicyclic) bond motifs is 2. The van der Waals surface area contributed by atoms with Crippen molar-refractivity contribution in [3.63, 3.8) is 0 Å². The number of methoxy groups -OCH3 is 1. The quantitative estimate of drug-likeness (QED) is 0.379. The predicted molar refractivity (Wildman–Crippen MR) is 149 cm³/mol. The SMILES string of the molecule is COc1ccc(NC(=O)N2CC3CCC(C2)N3CCCC(Oc2ccc(O)cc2)c2ccc(C#N)cc2)cc1. The molecule has 2 fully saturated rings. The van der Waals surface area contributed by atoms with Crippen LogP contribution in [0.2, 0.25) is 0 Å². The van der Waals surface area contributed by atoms with Crippen LogP contribution in [0.3, 0.4) is 0 Å². The zero-order chi connectivity index (χ0) is 27.2. The molecule has 2 saturated heterocycles. The zero-order valence-corrected chi connectivity index (χ0v) is 22.1. The minimum Gasteiger partial charge on any atom is -0.508 e. The molecule has 0 radical (unpaired) electrons. The Morgan fingerprint density at radius 1 is 1.00 bits per heavy atom. The average molecular weight is 527 g/mol. The Bertz CT molecular complexity index is 1270. The normalized spacial score (nSPS) is 19.2. The van der Waals surface area contributed by atoms with Crippen molar-refractivity contribution in [3.8, 4) is 23.3 Å². The molecule has 0 aromatic heterocycles. The highest BCUT2D eigenvalue weighted by molar-refractivity contribution is 5.89. The lowest BCUT2D eigenvalue weighted by Crippen LogP contribution is -2.56. The second-order valence-corrected chi connectivity index (χ2v) is 10.2. The van der Waals surface area contributed by atoms with Crippen LogP contribution in [0.5, 0.6) is 17.2 Å². The van der Waals surface area contributed by atoms with E-state index >= 15 is 0 Å². The first kappa shape index (κ1) is 26.4. The Labute approximate surface area is 229 Å². The van der Waals surface area contributed by atoms with Crippen LogP contribution in [0.15, 0.2) is 72.8 Å². The van der Waals surface area contributed by atoms with Gasteiger partial charge < -0.3 is 24.8 Å². The van der Waals surface area contributed by atoms with E-state index in [0.717, 1.165) is 62.3 Å². The van der Waals surface area contributed by atoms with Crippen molar-refractivity contribution in [3.05, 3.63) is 83.9 Å². The minimum atomic E-state index is -0.170. The van der Waals surface area contributed by atoms with Gasteiger partial charge in [-0.25, -0.2) is 4.79 Å². The highest BCUT2D eigenvalue weighted by atomic mass is 16.5. The number of likely N-dealkylation sites (tertiary alicyclic amines) is 1. The number of nitriles is 1. The third-order valence-electron chi connectivity index (χ3n) is 7.67. The van der Waals surface area contributed by atoms with Crippen LogP contribution in [0.25, 0.3) is 0 Å². The summed E-state index contributed by atoms with van der Waals surface area (Å²) in [6.07, 6.45) is 3.77. The van der Waals surface area contributed by atoms with Gasteiger partial charge in [0, 0.05) is 30.9 Å². The fourth-order valence-electron chi connectivity index (χ4n) is 5.61. The van der Waals surface area contributed by atoms with Crippen molar-refractivity contribution in [2.75, 3.05) is 32.1 Å². The van der Waals surface area contributed by atoms with Gasteiger partial charge in [-0.3, -0.25) is 4.90 Å². The first-order valence-electron chi connectivity index (χ1n) is 13.4. The molecular weight excluding hydrogens is 492 g/mol. The molecule has 39 heavy (non-hydrogen) atoms. The second-order valence-electron chi connectivity index (χ2n) is 10.2. The first-order chi connectivity index (χ1) is 19.0. The van der Waals surface area contributed by atoms with E-state index < -0.39 is 0 Å². The summed E-state index contributed by atoms with van der Waals surface area (Å²) in [7, 11) is 1.62. The third-order valence-corrected chi connectivity index (χ3v) is 7.67. The molecule has 2 amide bonds. The summed E-state index contributed by atoms with van der Waals surface area (Å²) in [5.41, 5.74) is 2.40. The number of nitrogens with zero attached hydrogens (tertiary/aromatic N) is 3. The van der Waals surface area contributed by atoms with E-state index in [1.807, 2.05) is 53.4 Å². The highest BCUT2D eigenvalue weighted by Gasteiger charge is 2.41. The second kappa shape index (κ2) is 12.1. The Balaban J connectivity index is 1.17. The fourth-order valence-corrected chi connectivity index (χ4v) is 5.61. The number of carbonyl (C=O) groups is 1. The lowest BCUT2D eigenvalue weighted by molar-refractivity contribution is 0.0813. The van der Waals surface area contributed by atoms with E-state index in [2.05, 4.69) is 16.3 Å². The van der Waals surface area contributed by atoms with Gasteiger partial charge >= 0.3 is 6.03 Å². The number of hydrogen-bond donors (Lipinski definition) is 2. The van der Waals surface area contributed by atoms with Crippen LogP contribution in [0.4, 0.5) is 10.5 Å². The van der Waals surface area contributed by atoms with Gasteiger partial charge in [0.25, 0.3) is 0 Å². The van der Waals surface area contributed by atoms with E-state index in [9.17, 15) is 15.2 Å². The average Bonchev–Trinajstić information content (AvgIpc) is 3.19. The third kappa shape index (κ3) is 6.44. The lowest BCUT2D eigenvalue weighted by Gasteiger charge is -2.41. The summed E-state index contributed by atoms with van der Waals surface area (Å²) in [4.78, 5) is 17.5. The molecule has 3 unspecified atom stereocenters. The summed E-state index contributed by atoms with van der Waals surface area (Å²) in [5, 5.41) is 21.8. The molecule has 8 nitrogen and oxygen atoms in total. The number of amides is 2. The monoisotopic (exact) mass is 526 g/mol. The minimum absolute atomic E-state index is 0.0557. The van der Waals surface area contributed by atoms with Crippen LogP contribution >= 0.6 is 0 Å². The van der Waals surface area contributed by atoms with Gasteiger partial charge in [-0.05, 0) is 98.5 Å². The summed E-state index contributed by atoms with van der Waals surface area (Å²) in [5.74, 6) is 1.65. The molecule has 2 N–H and O–H groups in total. The van der Waals surface area contributed by atoms with E-state index in [0.29, 0.717) is 23.4 Å². The molecule has 0 saturated carbocycles. The predicted octanol–water partition coefficient (Wildman–Crippen LogP) is 5.55. The van der Waals surface area contributed by atoms with Gasteiger partial charge in [-0.15, -0.1) is 0 Å². The van der Waals surface area contributed by atoms with E-state index in [-0.39, 0.29) is 17.9 Å². The number of carbonyl (C=O) groups excluding carboxylic acids is 1. The fraction of sp³-hybridized carbons (Fsp3) is 0.355. The molecule has 0 spiro atoms. The van der Waals surface area contributed by atoms with Gasteiger partial charge in [0.05, 0.1) is 18.7 Å². The molecule has 2 aliphatic heterocycles. The van der Waals surface area contributed by atoms with Gasteiger partial charge in [0.2, 0.25) is 0 Å². The van der Waals surface area contributed by atoms with Crippen molar-refractivity contribution in [1.29, 1.82) is 5.26 Å². The maximum absolute atomic E-state index is 13.0. The molecular formula is C31H34N4O4. The van der Waals surface area contributed by atoms with E-state index in [1.54, 1.807) is 31.4 Å². The number of piperazine rings is 1. The van der Waals surface area contributed by atoms with Gasteiger partial charge in [0.1, 0.15) is 23.4 Å². The molecule has 3 aromatic rings. The molecule has 0 aliphatic carbocycles. The number of ether oxygens (including phenoxy) is 2. The van der Waals surface area contributed by atoms with E-state index in [4.69, 9.17) is 9.47 Å². The summed E-state index contributed by atoms with van der Waals surface area (Å²) < 4.78 is 11.5. The topological polar surface area (TPSA) is 98.1 Å². The molecule has 202 valence electrons. The highest BCUT2D eigenvalue weighted by Crippen LogP contribution is 2.33. The number of benzene rings is 3. The Morgan fingerprint density at radius 3 is 2.26 bits per heavy atom. The molecule has 2 heterocycles. The van der Waals surface area contributed by atoms with Gasteiger partial charge in [0.15, 0.2) is 0 Å². The number of anilines is 1.